The molecule has 2 aliphatic rings. The van der Waals surface area contributed by atoms with Crippen LogP contribution in [-0.2, 0) is 28.7 Å². The van der Waals surface area contributed by atoms with Gasteiger partial charge in [-0.3, -0.25) is 9.59 Å². The maximum Gasteiger partial charge on any atom is 0.407 e. The lowest BCUT2D eigenvalue weighted by molar-refractivity contribution is -0.196. The fourth-order valence-electron chi connectivity index (χ4n) is 2.68. The Hall–Kier alpha value is -2.68. The van der Waals surface area contributed by atoms with E-state index in [2.05, 4.69) is 22.3 Å². The fraction of sp³-hybridized carbons (Fsp3) is 0.579. The minimum absolute atomic E-state index is 0.0446. The van der Waals surface area contributed by atoms with Crippen molar-refractivity contribution in [2.45, 2.75) is 51.0 Å². The summed E-state index contributed by atoms with van der Waals surface area (Å²) >= 11 is 0. The summed E-state index contributed by atoms with van der Waals surface area (Å²) in [4.78, 5) is 50.5. The number of hydrogen-bond donors (Lipinski definition) is 1. The van der Waals surface area contributed by atoms with Crippen molar-refractivity contribution >= 4 is 23.9 Å². The molecule has 9 heteroatoms. The van der Waals surface area contributed by atoms with E-state index in [0.29, 0.717) is 24.6 Å². The number of carbonyl (C=O) groups excluding carboxylic acids is 4. The van der Waals surface area contributed by atoms with Crippen LogP contribution in [0.4, 0.5) is 4.79 Å². The third-order valence-corrected chi connectivity index (χ3v) is 4.14. The highest BCUT2D eigenvalue weighted by atomic mass is 16.7. The molecule has 0 bridgehead atoms. The average molecular weight is 394 g/mol. The molecule has 0 fully saturated rings. The van der Waals surface area contributed by atoms with Crippen LogP contribution in [0.5, 0.6) is 0 Å². The molecule has 1 atom stereocenters. The maximum atomic E-state index is 11.8. The Morgan fingerprint density at radius 2 is 1.82 bits per heavy atom. The minimum Gasteiger partial charge on any atom is -0.446 e. The predicted octanol–water partition coefficient (Wildman–Crippen LogP) is 1.78. The van der Waals surface area contributed by atoms with E-state index in [-0.39, 0.29) is 19.1 Å². The van der Waals surface area contributed by atoms with E-state index in [1.165, 1.54) is 0 Å². The number of carbonyl (C=O) groups is 4. The molecule has 0 aromatic carbocycles. The molecule has 154 valence electrons. The van der Waals surface area contributed by atoms with Crippen molar-refractivity contribution in [3.63, 3.8) is 0 Å². The zero-order valence-electron chi connectivity index (χ0n) is 15.8. The molecule has 1 aliphatic carbocycles. The van der Waals surface area contributed by atoms with Crippen LogP contribution in [0, 0.1) is 0 Å². The van der Waals surface area contributed by atoms with Gasteiger partial charge in [0.1, 0.15) is 6.10 Å². The van der Waals surface area contributed by atoms with Crippen molar-refractivity contribution in [2.75, 3.05) is 19.8 Å². The normalized spacial score (nSPS) is 20.4. The highest BCUT2D eigenvalue weighted by Crippen LogP contribution is 2.15. The van der Waals surface area contributed by atoms with Gasteiger partial charge >= 0.3 is 12.1 Å². The Morgan fingerprint density at radius 3 is 2.61 bits per heavy atom. The van der Waals surface area contributed by atoms with Gasteiger partial charge in [-0.25, -0.2) is 9.59 Å². The number of nitrogens with one attached hydrogen (secondary N) is 1. The standard InChI is InChI=1S/C19H26N2O7/c22-16-9-10-17(23)21(16)28-18(24)11-14-26-13-6-12-20-19(25)27-15-7-4-2-1-3-5-8-15/h1-2,9-10,15H,3-8,11-14H2,(H,20,25)/b2-1+/t15-/m1/s1. The molecule has 3 amide bonds. The van der Waals surface area contributed by atoms with Crippen molar-refractivity contribution in [1.29, 1.82) is 0 Å². The fourth-order valence-corrected chi connectivity index (χ4v) is 2.68. The Balaban J connectivity index is 1.46. The summed E-state index contributed by atoms with van der Waals surface area (Å²) in [5.41, 5.74) is 0. The Labute approximate surface area is 163 Å². The van der Waals surface area contributed by atoms with Gasteiger partial charge in [0.15, 0.2) is 0 Å². The van der Waals surface area contributed by atoms with Gasteiger partial charge < -0.3 is 19.6 Å². The van der Waals surface area contributed by atoms with E-state index >= 15 is 0 Å². The van der Waals surface area contributed by atoms with E-state index in [1.54, 1.807) is 0 Å². The predicted molar refractivity (Wildman–Crippen MR) is 97.6 cm³/mol. The summed E-state index contributed by atoms with van der Waals surface area (Å²) in [7, 11) is 0. The van der Waals surface area contributed by atoms with Crippen molar-refractivity contribution < 1.29 is 33.5 Å². The zero-order chi connectivity index (χ0) is 20.2. The lowest BCUT2D eigenvalue weighted by Crippen LogP contribution is -2.33. The molecule has 0 spiro atoms. The number of nitrogens with zero attached hydrogens (tertiary/aromatic N) is 1. The monoisotopic (exact) mass is 394 g/mol. The molecule has 1 aliphatic heterocycles. The molecule has 28 heavy (non-hydrogen) atoms. The van der Waals surface area contributed by atoms with Crippen molar-refractivity contribution in [3.8, 4) is 0 Å². The third-order valence-electron chi connectivity index (χ3n) is 4.14. The molecule has 9 nitrogen and oxygen atoms in total. The van der Waals surface area contributed by atoms with Crippen LogP contribution < -0.4 is 5.32 Å². The first-order valence-electron chi connectivity index (χ1n) is 9.50. The van der Waals surface area contributed by atoms with Crippen LogP contribution >= 0.6 is 0 Å². The zero-order valence-corrected chi connectivity index (χ0v) is 15.8. The maximum absolute atomic E-state index is 11.8. The number of ether oxygens (including phenoxy) is 2. The summed E-state index contributed by atoms with van der Waals surface area (Å²) in [6.45, 7) is 0.825. The number of alkyl carbamates (subject to hydrolysis) is 1. The van der Waals surface area contributed by atoms with Crippen LogP contribution in [0.25, 0.3) is 0 Å². The van der Waals surface area contributed by atoms with Gasteiger partial charge in [-0.2, -0.15) is 0 Å². The van der Waals surface area contributed by atoms with Crippen molar-refractivity contribution in [1.82, 2.24) is 10.4 Å². The third kappa shape index (κ3) is 7.91. The minimum atomic E-state index is -0.735. The topological polar surface area (TPSA) is 111 Å². The number of hydroxylamine groups is 2. The molecular formula is C19H26N2O7. The summed E-state index contributed by atoms with van der Waals surface area (Å²) in [5, 5.41) is 3.09. The van der Waals surface area contributed by atoms with Gasteiger partial charge in [-0.1, -0.05) is 17.2 Å². The number of amides is 3. The Bertz CT molecular complexity index is 612. The SMILES string of the molecule is O=C(CCOCCCNC(=O)O[C@@H]1CC/C=C/CCC1)ON1C(=O)C=CC1=O. The van der Waals surface area contributed by atoms with Crippen LogP contribution in [-0.4, -0.2) is 54.8 Å². The van der Waals surface area contributed by atoms with Gasteiger partial charge in [0, 0.05) is 25.3 Å². The second-order valence-electron chi connectivity index (χ2n) is 6.42. The van der Waals surface area contributed by atoms with Crippen molar-refractivity contribution in [2.24, 2.45) is 0 Å². The van der Waals surface area contributed by atoms with E-state index in [9.17, 15) is 19.2 Å². The van der Waals surface area contributed by atoms with Crippen LogP contribution in [0.3, 0.4) is 0 Å². The van der Waals surface area contributed by atoms with Gasteiger partial charge in [0.2, 0.25) is 0 Å². The molecule has 0 saturated heterocycles. The first kappa shape index (κ1) is 21.6. The second-order valence-corrected chi connectivity index (χ2v) is 6.42. The Kier molecular flexibility index (Phi) is 9.20. The first-order chi connectivity index (χ1) is 13.6. The summed E-state index contributed by atoms with van der Waals surface area (Å²) in [6, 6.07) is 0. The molecule has 0 aromatic heterocycles. The second kappa shape index (κ2) is 11.9. The molecule has 0 aromatic rings. The molecule has 1 heterocycles. The number of hydrogen-bond acceptors (Lipinski definition) is 7. The first-order valence-corrected chi connectivity index (χ1v) is 9.50. The largest absolute Gasteiger partial charge is 0.446 e. The molecule has 2 rings (SSSR count). The average Bonchev–Trinajstić information content (AvgIpc) is 2.95. The van der Waals surface area contributed by atoms with Gasteiger partial charge in [-0.05, 0) is 38.5 Å². The van der Waals surface area contributed by atoms with Gasteiger partial charge in [-0.15, -0.1) is 0 Å². The van der Waals surface area contributed by atoms with E-state index in [4.69, 9.17) is 9.47 Å². The lowest BCUT2D eigenvalue weighted by Gasteiger charge is -2.18. The number of allylic oxidation sites excluding steroid dienone is 2. The quantitative estimate of drug-likeness (QED) is 0.360. The molecule has 1 N–H and O–H groups in total. The molecule has 0 saturated carbocycles. The summed E-state index contributed by atoms with van der Waals surface area (Å²) < 4.78 is 10.7. The highest BCUT2D eigenvalue weighted by Gasteiger charge is 2.27. The van der Waals surface area contributed by atoms with Crippen LogP contribution in [0.15, 0.2) is 24.3 Å². The summed E-state index contributed by atoms with van der Waals surface area (Å²) in [5.74, 6) is -2.11. The number of imide groups is 1. The van der Waals surface area contributed by atoms with Crippen molar-refractivity contribution in [3.05, 3.63) is 24.3 Å². The molecule has 0 radical (unpaired) electrons. The van der Waals surface area contributed by atoms with Gasteiger partial charge in [0.05, 0.1) is 13.0 Å². The molecular weight excluding hydrogens is 368 g/mol. The van der Waals surface area contributed by atoms with Gasteiger partial charge in [0.25, 0.3) is 11.8 Å². The van der Waals surface area contributed by atoms with E-state index in [1.807, 2.05) is 0 Å². The van der Waals surface area contributed by atoms with E-state index in [0.717, 1.165) is 44.3 Å². The lowest BCUT2D eigenvalue weighted by atomic mass is 10.0. The summed E-state index contributed by atoms with van der Waals surface area (Å²) in [6.07, 6.45) is 11.0. The number of rotatable bonds is 9. The highest BCUT2D eigenvalue weighted by molar-refractivity contribution is 6.12. The Morgan fingerprint density at radius 1 is 1.07 bits per heavy atom. The van der Waals surface area contributed by atoms with E-state index < -0.39 is 23.9 Å². The van der Waals surface area contributed by atoms with Crippen LogP contribution in [0.2, 0.25) is 0 Å². The smallest absolute Gasteiger partial charge is 0.407 e. The molecule has 0 unspecified atom stereocenters. The van der Waals surface area contributed by atoms with Crippen LogP contribution in [0.1, 0.15) is 44.9 Å².